The summed E-state index contributed by atoms with van der Waals surface area (Å²) in [4.78, 5) is 22.1. The topological polar surface area (TPSA) is 129 Å². The number of hydrogen-bond donors (Lipinski definition) is 2. The van der Waals surface area contributed by atoms with E-state index in [2.05, 4.69) is 37.0 Å². The number of hydrogen-bond acceptors (Lipinski definition) is 9. The fraction of sp³-hybridized carbons (Fsp3) is 0.435. The van der Waals surface area contributed by atoms with Crippen LogP contribution in [0, 0.1) is 12.3 Å². The molecule has 0 atom stereocenters. The van der Waals surface area contributed by atoms with Crippen molar-refractivity contribution in [2.24, 2.45) is 5.41 Å². The molecule has 2 N–H and O–H groups in total. The zero-order valence-corrected chi connectivity index (χ0v) is 19.7. The van der Waals surface area contributed by atoms with E-state index >= 15 is 0 Å². The van der Waals surface area contributed by atoms with Crippen LogP contribution in [0.15, 0.2) is 35.0 Å². The molecule has 36 heavy (non-hydrogen) atoms. The summed E-state index contributed by atoms with van der Waals surface area (Å²) in [5, 5.41) is 26.2. The van der Waals surface area contributed by atoms with Gasteiger partial charge in [-0.05, 0) is 45.1 Å². The second-order valence-corrected chi connectivity index (χ2v) is 9.08. The van der Waals surface area contributed by atoms with Gasteiger partial charge in [0.2, 0.25) is 5.95 Å². The number of piperidine rings is 1. The first-order valence-electron chi connectivity index (χ1n) is 11.2. The number of aromatic nitrogens is 4. The normalized spacial score (nSPS) is 17.3. The quantitative estimate of drug-likeness (QED) is 0.546. The Morgan fingerprint density at radius 1 is 1.11 bits per heavy atom. The van der Waals surface area contributed by atoms with E-state index in [1.165, 1.54) is 12.8 Å². The molecular formula is C23H25F3N6O4. The van der Waals surface area contributed by atoms with Gasteiger partial charge < -0.3 is 24.4 Å². The van der Waals surface area contributed by atoms with Crippen LogP contribution >= 0.6 is 0 Å². The van der Waals surface area contributed by atoms with Gasteiger partial charge in [-0.3, -0.25) is 0 Å². The summed E-state index contributed by atoms with van der Waals surface area (Å²) >= 11 is 0. The van der Waals surface area contributed by atoms with Gasteiger partial charge in [-0.15, -0.1) is 10.2 Å². The van der Waals surface area contributed by atoms with Crippen molar-refractivity contribution in [2.75, 3.05) is 38.1 Å². The number of rotatable bonds is 3. The van der Waals surface area contributed by atoms with Gasteiger partial charge in [-0.1, -0.05) is 6.07 Å². The first kappa shape index (κ1) is 25.4. The van der Waals surface area contributed by atoms with Crippen LogP contribution in [-0.4, -0.2) is 80.7 Å². The van der Waals surface area contributed by atoms with E-state index in [9.17, 15) is 18.3 Å². The van der Waals surface area contributed by atoms with Crippen LogP contribution in [0.2, 0.25) is 0 Å². The van der Waals surface area contributed by atoms with E-state index in [4.69, 9.17) is 14.3 Å². The maximum atomic E-state index is 10.6. The fourth-order valence-electron chi connectivity index (χ4n) is 4.25. The number of benzene rings is 1. The van der Waals surface area contributed by atoms with E-state index in [1.807, 2.05) is 6.07 Å². The number of alkyl halides is 3. The molecule has 2 aliphatic rings. The molecule has 0 saturated carbocycles. The number of anilines is 1. The van der Waals surface area contributed by atoms with Crippen LogP contribution in [0.5, 0.6) is 5.75 Å². The van der Waals surface area contributed by atoms with Gasteiger partial charge in [0.05, 0.1) is 12.4 Å². The minimum Gasteiger partial charge on any atom is -0.507 e. The van der Waals surface area contributed by atoms with Crippen molar-refractivity contribution in [3.05, 3.63) is 36.5 Å². The zero-order valence-electron chi connectivity index (χ0n) is 19.7. The molecule has 4 heterocycles. The SMILES string of the molecule is Cc1ncc(-c2ccc(-c3cnc(N4CC5(CCN(C)CC5)C4)nn3)c(O)c2)o1.O=C(O)C(F)(F)F. The molecule has 1 spiro atoms. The molecule has 0 amide bonds. The molecule has 2 aliphatic heterocycles. The van der Waals surface area contributed by atoms with E-state index in [-0.39, 0.29) is 5.75 Å². The number of phenols is 1. The molecule has 0 unspecified atom stereocenters. The number of carboxylic acids is 1. The van der Waals surface area contributed by atoms with Gasteiger partial charge >= 0.3 is 12.1 Å². The molecule has 13 heteroatoms. The molecule has 1 aromatic carbocycles. The first-order valence-corrected chi connectivity index (χ1v) is 11.2. The predicted molar refractivity (Wildman–Crippen MR) is 122 cm³/mol. The van der Waals surface area contributed by atoms with Gasteiger partial charge in [0, 0.05) is 36.6 Å². The smallest absolute Gasteiger partial charge is 0.490 e. The lowest BCUT2D eigenvalue weighted by molar-refractivity contribution is -0.192. The maximum Gasteiger partial charge on any atom is 0.490 e. The monoisotopic (exact) mass is 506 g/mol. The predicted octanol–water partition coefficient (Wildman–Crippen LogP) is 3.37. The molecule has 2 aromatic heterocycles. The van der Waals surface area contributed by atoms with Gasteiger partial charge in [0.25, 0.3) is 0 Å². The Hall–Kier alpha value is -3.74. The third-order valence-electron chi connectivity index (χ3n) is 6.35. The lowest BCUT2D eigenvalue weighted by Crippen LogP contribution is -2.60. The summed E-state index contributed by atoms with van der Waals surface area (Å²) in [5.74, 6) is -0.791. The lowest BCUT2D eigenvalue weighted by atomic mass is 9.72. The number of carboxylic acid groups (broad SMARTS) is 1. The molecule has 5 rings (SSSR count). The van der Waals surface area contributed by atoms with Crippen molar-refractivity contribution in [1.82, 2.24) is 25.1 Å². The number of aliphatic carboxylic acids is 1. The van der Waals surface area contributed by atoms with Crippen LogP contribution < -0.4 is 4.90 Å². The Bertz CT molecular complexity index is 1220. The Labute approximate surface area is 204 Å². The second-order valence-electron chi connectivity index (χ2n) is 9.08. The highest BCUT2D eigenvalue weighted by Gasteiger charge is 2.45. The average Bonchev–Trinajstić information content (AvgIpc) is 3.25. The number of aryl methyl sites for hydroxylation is 1. The molecule has 2 fully saturated rings. The van der Waals surface area contributed by atoms with E-state index in [0.717, 1.165) is 31.7 Å². The Morgan fingerprint density at radius 3 is 2.28 bits per heavy atom. The number of oxazole rings is 1. The van der Waals surface area contributed by atoms with Crippen molar-refractivity contribution in [3.8, 4) is 28.3 Å². The minimum atomic E-state index is -5.08. The van der Waals surface area contributed by atoms with Crippen LogP contribution in [0.25, 0.3) is 22.6 Å². The molecule has 2 saturated heterocycles. The minimum absolute atomic E-state index is 0.106. The number of nitrogens with zero attached hydrogens (tertiary/aromatic N) is 6. The molecule has 3 aromatic rings. The molecule has 0 aliphatic carbocycles. The summed E-state index contributed by atoms with van der Waals surface area (Å²) in [7, 11) is 2.18. The standard InChI is InChI=1S/C21H24N6O2.C2HF3O2/c1-14-22-11-19(29-14)15-3-4-16(18(28)9-15)17-10-23-20(25-24-17)27-12-21(13-27)5-7-26(2)8-6-21;3-2(4,5)1(6)7/h3-4,9-11,28H,5-8,12-13H2,1-2H3;(H,6,7). The fourth-order valence-corrected chi connectivity index (χ4v) is 4.25. The third kappa shape index (κ3) is 5.56. The van der Waals surface area contributed by atoms with Crippen LogP contribution in [0.4, 0.5) is 19.1 Å². The molecule has 10 nitrogen and oxygen atoms in total. The maximum absolute atomic E-state index is 10.6. The van der Waals surface area contributed by atoms with E-state index in [0.29, 0.717) is 34.3 Å². The summed E-state index contributed by atoms with van der Waals surface area (Å²) in [6.45, 7) is 6.10. The molecule has 0 radical (unpaired) electrons. The van der Waals surface area contributed by atoms with Crippen molar-refractivity contribution in [3.63, 3.8) is 0 Å². The summed E-state index contributed by atoms with van der Waals surface area (Å²) in [6.07, 6.45) is 0.701. The van der Waals surface area contributed by atoms with Crippen LogP contribution in [0.3, 0.4) is 0 Å². The zero-order chi connectivity index (χ0) is 26.1. The largest absolute Gasteiger partial charge is 0.507 e. The second kappa shape index (κ2) is 9.72. The highest BCUT2D eigenvalue weighted by molar-refractivity contribution is 5.73. The molecular weight excluding hydrogens is 481 g/mol. The van der Waals surface area contributed by atoms with Gasteiger partial charge in [-0.25, -0.2) is 14.8 Å². The van der Waals surface area contributed by atoms with Crippen molar-refractivity contribution < 1.29 is 32.6 Å². The lowest BCUT2D eigenvalue weighted by Gasteiger charge is -2.53. The molecule has 0 bridgehead atoms. The number of carbonyl (C=O) groups is 1. The van der Waals surface area contributed by atoms with Crippen LogP contribution in [0.1, 0.15) is 18.7 Å². The Morgan fingerprint density at radius 2 is 1.78 bits per heavy atom. The molecule has 192 valence electrons. The number of likely N-dealkylation sites (tertiary alicyclic amines) is 1. The van der Waals surface area contributed by atoms with Crippen LogP contribution in [-0.2, 0) is 4.79 Å². The number of phenolic OH excluding ortho intramolecular Hbond substituents is 1. The highest BCUT2D eigenvalue weighted by atomic mass is 19.4. The summed E-state index contributed by atoms with van der Waals surface area (Å²) < 4.78 is 37.2. The number of halogens is 3. The third-order valence-corrected chi connectivity index (χ3v) is 6.35. The number of aromatic hydroxyl groups is 1. The Kier molecular flexibility index (Phi) is 6.85. The van der Waals surface area contributed by atoms with E-state index in [1.54, 1.807) is 31.5 Å². The Balaban J connectivity index is 0.000000384. The van der Waals surface area contributed by atoms with Crippen molar-refractivity contribution in [1.29, 1.82) is 0 Å². The van der Waals surface area contributed by atoms with E-state index < -0.39 is 12.1 Å². The first-order chi connectivity index (χ1) is 17.0. The highest BCUT2D eigenvalue weighted by Crippen LogP contribution is 2.41. The van der Waals surface area contributed by atoms with Gasteiger partial charge in [0.15, 0.2) is 11.7 Å². The van der Waals surface area contributed by atoms with Gasteiger partial charge in [0.1, 0.15) is 11.4 Å². The summed E-state index contributed by atoms with van der Waals surface area (Å²) in [6, 6.07) is 5.30. The summed E-state index contributed by atoms with van der Waals surface area (Å²) in [5.41, 5.74) is 2.31. The van der Waals surface area contributed by atoms with Crippen molar-refractivity contribution in [2.45, 2.75) is 25.9 Å². The van der Waals surface area contributed by atoms with Gasteiger partial charge in [-0.2, -0.15) is 13.2 Å². The average molecular weight is 506 g/mol. The van der Waals surface area contributed by atoms with Crippen molar-refractivity contribution >= 4 is 11.9 Å².